The lowest BCUT2D eigenvalue weighted by atomic mass is 9.98. The van der Waals surface area contributed by atoms with Gasteiger partial charge in [0.25, 0.3) is 0 Å². The van der Waals surface area contributed by atoms with E-state index in [1.807, 2.05) is 6.07 Å². The van der Waals surface area contributed by atoms with Crippen molar-refractivity contribution in [2.24, 2.45) is 11.8 Å². The van der Waals surface area contributed by atoms with Crippen molar-refractivity contribution in [2.75, 3.05) is 0 Å². The van der Waals surface area contributed by atoms with E-state index in [4.69, 9.17) is 5.84 Å². The van der Waals surface area contributed by atoms with Crippen LogP contribution < -0.4 is 11.3 Å². The summed E-state index contributed by atoms with van der Waals surface area (Å²) in [6.45, 7) is 4.45. The van der Waals surface area contributed by atoms with Crippen LogP contribution in [0.1, 0.15) is 38.3 Å². The average Bonchev–Trinajstić information content (AvgIpc) is 2.21. The van der Waals surface area contributed by atoms with E-state index in [1.54, 1.807) is 0 Å². The summed E-state index contributed by atoms with van der Waals surface area (Å²) in [5.74, 6) is 6.31. The van der Waals surface area contributed by atoms with Crippen LogP contribution in [0.4, 0.5) is 0 Å². The van der Waals surface area contributed by atoms with Gasteiger partial charge in [-0.05, 0) is 36.5 Å². The monoisotopic (exact) mass is 348 g/mol. The van der Waals surface area contributed by atoms with Gasteiger partial charge in [-0.3, -0.25) is 11.3 Å². The van der Waals surface area contributed by atoms with Crippen molar-refractivity contribution in [1.82, 2.24) is 5.43 Å². The molecule has 0 radical (unpaired) electrons. The Morgan fingerprint density at radius 3 is 2.44 bits per heavy atom. The largest absolute Gasteiger partial charge is 0.271 e. The molecule has 0 amide bonds. The zero-order valence-corrected chi connectivity index (χ0v) is 12.8. The van der Waals surface area contributed by atoms with E-state index in [1.165, 1.54) is 5.56 Å². The summed E-state index contributed by atoms with van der Waals surface area (Å²) in [6.07, 6.45) is 2.21. The fraction of sp³-hybridized carbons (Fsp3) is 0.500. The molecule has 1 unspecified atom stereocenters. The minimum absolute atomic E-state index is 0.213. The summed E-state index contributed by atoms with van der Waals surface area (Å²) >= 11 is 7.02. The minimum atomic E-state index is 0.213. The van der Waals surface area contributed by atoms with E-state index in [2.05, 4.69) is 63.3 Å². The van der Waals surface area contributed by atoms with Gasteiger partial charge >= 0.3 is 0 Å². The highest BCUT2D eigenvalue weighted by Crippen LogP contribution is 2.29. The molecule has 2 nitrogen and oxygen atoms in total. The van der Waals surface area contributed by atoms with E-state index in [9.17, 15) is 0 Å². The quantitative estimate of drug-likeness (QED) is 0.619. The van der Waals surface area contributed by atoms with Gasteiger partial charge in [0.1, 0.15) is 0 Å². The van der Waals surface area contributed by atoms with Crippen molar-refractivity contribution in [1.29, 1.82) is 0 Å². The summed E-state index contributed by atoms with van der Waals surface area (Å²) in [5.41, 5.74) is 4.10. The second-order valence-corrected chi connectivity index (χ2v) is 6.13. The SMILES string of the molecule is CC(C)CCC(NN)c1ccc(Br)cc1Br. The lowest BCUT2D eigenvalue weighted by Gasteiger charge is -2.19. The third kappa shape index (κ3) is 4.17. The Hall–Kier alpha value is 0.1000. The number of hydrazine groups is 1. The number of nitrogens with one attached hydrogen (secondary N) is 1. The first-order valence-corrected chi connectivity index (χ1v) is 7.04. The number of rotatable bonds is 5. The van der Waals surface area contributed by atoms with Gasteiger partial charge in [-0.1, -0.05) is 51.8 Å². The normalized spacial score (nSPS) is 13.1. The molecule has 1 atom stereocenters. The fourth-order valence-electron chi connectivity index (χ4n) is 1.61. The molecular formula is C12H18Br2N2. The molecule has 1 aromatic rings. The van der Waals surface area contributed by atoms with Crippen LogP contribution in [0.3, 0.4) is 0 Å². The van der Waals surface area contributed by atoms with Crippen molar-refractivity contribution in [3.8, 4) is 0 Å². The predicted octanol–water partition coefficient (Wildman–Crippen LogP) is 4.15. The molecule has 0 heterocycles. The van der Waals surface area contributed by atoms with Crippen molar-refractivity contribution in [2.45, 2.75) is 32.7 Å². The first-order valence-electron chi connectivity index (χ1n) is 5.45. The van der Waals surface area contributed by atoms with Crippen LogP contribution >= 0.6 is 31.9 Å². The average molecular weight is 350 g/mol. The number of halogens is 2. The van der Waals surface area contributed by atoms with Crippen molar-refractivity contribution in [3.63, 3.8) is 0 Å². The maximum atomic E-state index is 5.62. The van der Waals surface area contributed by atoms with Crippen LogP contribution in [0.15, 0.2) is 27.1 Å². The lowest BCUT2D eigenvalue weighted by molar-refractivity contribution is 0.447. The number of nitrogens with two attached hydrogens (primary N) is 1. The number of hydrogen-bond acceptors (Lipinski definition) is 2. The second-order valence-electron chi connectivity index (χ2n) is 4.36. The van der Waals surface area contributed by atoms with Gasteiger partial charge in [0.15, 0.2) is 0 Å². The molecule has 1 aromatic carbocycles. The summed E-state index contributed by atoms with van der Waals surface area (Å²) in [5, 5.41) is 0. The van der Waals surface area contributed by atoms with Crippen LogP contribution in [-0.4, -0.2) is 0 Å². The molecular weight excluding hydrogens is 332 g/mol. The van der Waals surface area contributed by atoms with Gasteiger partial charge in [-0.2, -0.15) is 0 Å². The second kappa shape index (κ2) is 6.74. The summed E-state index contributed by atoms with van der Waals surface area (Å²) in [4.78, 5) is 0. The predicted molar refractivity (Wildman–Crippen MR) is 76.0 cm³/mol. The molecule has 4 heteroatoms. The summed E-state index contributed by atoms with van der Waals surface area (Å²) < 4.78 is 2.16. The van der Waals surface area contributed by atoms with Crippen LogP contribution in [0.25, 0.3) is 0 Å². The molecule has 3 N–H and O–H groups in total. The highest BCUT2D eigenvalue weighted by molar-refractivity contribution is 9.11. The molecule has 0 saturated carbocycles. The Morgan fingerprint density at radius 1 is 1.25 bits per heavy atom. The Morgan fingerprint density at radius 2 is 1.94 bits per heavy atom. The summed E-state index contributed by atoms with van der Waals surface area (Å²) in [7, 11) is 0. The van der Waals surface area contributed by atoms with Crippen molar-refractivity contribution in [3.05, 3.63) is 32.7 Å². The zero-order valence-electron chi connectivity index (χ0n) is 9.63. The van der Waals surface area contributed by atoms with Gasteiger partial charge in [0.05, 0.1) is 0 Å². The van der Waals surface area contributed by atoms with Gasteiger partial charge in [0.2, 0.25) is 0 Å². The molecule has 0 aliphatic rings. The topological polar surface area (TPSA) is 38.0 Å². The Balaban J connectivity index is 2.78. The third-order valence-corrected chi connectivity index (χ3v) is 3.75. The van der Waals surface area contributed by atoms with Crippen molar-refractivity contribution >= 4 is 31.9 Å². The number of hydrogen-bond donors (Lipinski definition) is 2. The Bertz CT molecular complexity index is 340. The molecule has 1 rings (SSSR count). The van der Waals surface area contributed by atoms with Gasteiger partial charge in [0, 0.05) is 15.0 Å². The fourth-order valence-corrected chi connectivity index (χ4v) is 2.94. The van der Waals surface area contributed by atoms with Crippen LogP contribution in [0.5, 0.6) is 0 Å². The molecule has 0 aliphatic heterocycles. The third-order valence-electron chi connectivity index (χ3n) is 2.57. The van der Waals surface area contributed by atoms with Crippen LogP contribution in [0.2, 0.25) is 0 Å². The van der Waals surface area contributed by atoms with Gasteiger partial charge in [-0.25, -0.2) is 0 Å². The summed E-state index contributed by atoms with van der Waals surface area (Å²) in [6, 6.07) is 6.40. The van der Waals surface area contributed by atoms with E-state index in [0.29, 0.717) is 5.92 Å². The molecule has 0 saturated heterocycles. The zero-order chi connectivity index (χ0) is 12.1. The molecule has 0 fully saturated rings. The smallest absolute Gasteiger partial charge is 0.0471 e. The standard InChI is InChI=1S/C12H18Br2N2/c1-8(2)3-6-12(16-15)10-5-4-9(13)7-11(10)14/h4-5,7-8,12,16H,3,6,15H2,1-2H3. The maximum absolute atomic E-state index is 5.62. The van der Waals surface area contributed by atoms with E-state index < -0.39 is 0 Å². The Labute approximate surface area is 114 Å². The van der Waals surface area contributed by atoms with E-state index in [0.717, 1.165) is 21.8 Å². The molecule has 0 aliphatic carbocycles. The highest BCUT2D eigenvalue weighted by Gasteiger charge is 2.13. The van der Waals surface area contributed by atoms with E-state index >= 15 is 0 Å². The first kappa shape index (κ1) is 14.2. The van der Waals surface area contributed by atoms with Crippen LogP contribution in [-0.2, 0) is 0 Å². The lowest BCUT2D eigenvalue weighted by Crippen LogP contribution is -2.28. The minimum Gasteiger partial charge on any atom is -0.271 e. The first-order chi connectivity index (χ1) is 7.54. The highest BCUT2D eigenvalue weighted by atomic mass is 79.9. The van der Waals surface area contributed by atoms with Crippen LogP contribution in [0, 0.1) is 5.92 Å². The molecule has 0 aromatic heterocycles. The number of benzene rings is 1. The molecule has 90 valence electrons. The molecule has 0 spiro atoms. The van der Waals surface area contributed by atoms with E-state index in [-0.39, 0.29) is 6.04 Å². The van der Waals surface area contributed by atoms with Crippen molar-refractivity contribution < 1.29 is 0 Å². The molecule has 0 bridgehead atoms. The Kier molecular flexibility index (Phi) is 5.97. The van der Waals surface area contributed by atoms with Gasteiger partial charge < -0.3 is 0 Å². The molecule has 16 heavy (non-hydrogen) atoms. The maximum Gasteiger partial charge on any atom is 0.0471 e. The van der Waals surface area contributed by atoms with Gasteiger partial charge in [-0.15, -0.1) is 0 Å².